The molecule has 114 valence electrons. The number of anilines is 1. The Morgan fingerprint density at radius 3 is 2.67 bits per heavy atom. The molecule has 0 fully saturated rings. The minimum atomic E-state index is 0.0947. The molecule has 0 amide bonds. The van der Waals surface area contributed by atoms with E-state index < -0.39 is 0 Å². The molecule has 0 saturated carbocycles. The third-order valence-corrected chi connectivity index (χ3v) is 3.41. The molecule has 21 heavy (non-hydrogen) atoms. The van der Waals surface area contributed by atoms with Crippen molar-refractivity contribution in [1.82, 2.24) is 10.3 Å². The van der Waals surface area contributed by atoms with E-state index in [9.17, 15) is 0 Å². The fourth-order valence-corrected chi connectivity index (χ4v) is 2.08. The van der Waals surface area contributed by atoms with E-state index in [-0.39, 0.29) is 5.54 Å². The van der Waals surface area contributed by atoms with Gasteiger partial charge in [0.15, 0.2) is 0 Å². The second-order valence-corrected chi connectivity index (χ2v) is 6.47. The maximum Gasteiger partial charge on any atom is 0.105 e. The maximum absolute atomic E-state index is 5.35. The molecule has 0 unspecified atom stereocenters. The molecule has 0 aliphatic carbocycles. The van der Waals surface area contributed by atoms with Crippen molar-refractivity contribution in [1.29, 1.82) is 0 Å². The quantitative estimate of drug-likeness (QED) is 0.913. The molecule has 2 aromatic heterocycles. The summed E-state index contributed by atoms with van der Waals surface area (Å²) >= 11 is 0. The topological polar surface area (TPSA) is 41.3 Å². The second kappa shape index (κ2) is 6.31. The summed E-state index contributed by atoms with van der Waals surface area (Å²) in [5.41, 5.74) is 3.52. The Morgan fingerprint density at radius 2 is 2.05 bits per heavy atom. The van der Waals surface area contributed by atoms with Gasteiger partial charge in [0.2, 0.25) is 0 Å². The Bertz CT molecular complexity index is 584. The van der Waals surface area contributed by atoms with Crippen LogP contribution in [-0.4, -0.2) is 17.6 Å². The minimum Gasteiger partial charge on any atom is -0.469 e. The Morgan fingerprint density at radius 1 is 1.29 bits per heavy atom. The van der Waals surface area contributed by atoms with Gasteiger partial charge in [0.25, 0.3) is 0 Å². The number of nitrogens with zero attached hydrogens (tertiary/aromatic N) is 2. The molecule has 0 radical (unpaired) electrons. The molecule has 0 saturated heterocycles. The van der Waals surface area contributed by atoms with Crippen LogP contribution in [0.25, 0.3) is 0 Å². The Kier molecular flexibility index (Phi) is 4.68. The number of pyridine rings is 1. The van der Waals surface area contributed by atoms with Crippen LogP contribution in [-0.2, 0) is 13.1 Å². The Hall–Kier alpha value is -1.81. The highest BCUT2D eigenvalue weighted by atomic mass is 16.3. The summed E-state index contributed by atoms with van der Waals surface area (Å²) in [7, 11) is 2.09. The van der Waals surface area contributed by atoms with E-state index in [1.807, 2.05) is 25.3 Å². The van der Waals surface area contributed by atoms with Crippen molar-refractivity contribution in [3.05, 3.63) is 47.7 Å². The first-order valence-corrected chi connectivity index (χ1v) is 7.29. The zero-order valence-corrected chi connectivity index (χ0v) is 13.6. The maximum atomic E-state index is 5.35. The Balaban J connectivity index is 2.04. The average molecular weight is 287 g/mol. The molecule has 0 aromatic carbocycles. The van der Waals surface area contributed by atoms with Crippen LogP contribution < -0.4 is 10.2 Å². The van der Waals surface area contributed by atoms with Crippen molar-refractivity contribution in [2.75, 3.05) is 11.9 Å². The summed E-state index contributed by atoms with van der Waals surface area (Å²) in [6.07, 6.45) is 3.61. The lowest BCUT2D eigenvalue weighted by atomic mass is 10.1. The van der Waals surface area contributed by atoms with Crippen molar-refractivity contribution >= 4 is 5.69 Å². The monoisotopic (exact) mass is 287 g/mol. The molecule has 2 heterocycles. The SMILES string of the molecule is Cc1occc1CN(C)c1ccnc(CNC(C)(C)C)c1. The van der Waals surface area contributed by atoms with E-state index in [1.165, 1.54) is 5.56 Å². The molecule has 4 heteroatoms. The van der Waals surface area contributed by atoms with Gasteiger partial charge in [0.05, 0.1) is 12.0 Å². The first kappa shape index (κ1) is 15.6. The van der Waals surface area contributed by atoms with Gasteiger partial charge >= 0.3 is 0 Å². The third-order valence-electron chi connectivity index (χ3n) is 3.41. The van der Waals surface area contributed by atoms with Crippen molar-refractivity contribution in [3.8, 4) is 0 Å². The number of nitrogens with one attached hydrogen (secondary N) is 1. The third kappa shape index (κ3) is 4.60. The lowest BCUT2D eigenvalue weighted by Crippen LogP contribution is -2.35. The van der Waals surface area contributed by atoms with Crippen molar-refractivity contribution in [3.63, 3.8) is 0 Å². The molecule has 0 atom stereocenters. The predicted molar refractivity (Wildman–Crippen MR) is 86.4 cm³/mol. The first-order valence-electron chi connectivity index (χ1n) is 7.29. The van der Waals surface area contributed by atoms with Crippen LogP contribution in [0, 0.1) is 6.92 Å². The van der Waals surface area contributed by atoms with Crippen molar-refractivity contribution < 1.29 is 4.42 Å². The molecule has 0 spiro atoms. The molecule has 0 aliphatic heterocycles. The lowest BCUT2D eigenvalue weighted by Gasteiger charge is -2.22. The van der Waals surface area contributed by atoms with Crippen LogP contribution >= 0.6 is 0 Å². The van der Waals surface area contributed by atoms with Gasteiger partial charge in [-0.1, -0.05) is 0 Å². The summed E-state index contributed by atoms with van der Waals surface area (Å²) in [4.78, 5) is 6.64. The minimum absolute atomic E-state index is 0.0947. The fourth-order valence-electron chi connectivity index (χ4n) is 2.08. The van der Waals surface area contributed by atoms with Crippen LogP contribution in [0.1, 0.15) is 37.8 Å². The van der Waals surface area contributed by atoms with E-state index in [2.05, 4.69) is 49.1 Å². The van der Waals surface area contributed by atoms with Crippen LogP contribution in [0.3, 0.4) is 0 Å². The number of hydrogen-bond donors (Lipinski definition) is 1. The van der Waals surface area contributed by atoms with Gasteiger partial charge in [-0.15, -0.1) is 0 Å². The molecular weight excluding hydrogens is 262 g/mol. The van der Waals surface area contributed by atoms with Crippen LogP contribution in [0.5, 0.6) is 0 Å². The highest BCUT2D eigenvalue weighted by molar-refractivity contribution is 5.46. The second-order valence-electron chi connectivity index (χ2n) is 6.47. The van der Waals surface area contributed by atoms with E-state index in [0.29, 0.717) is 0 Å². The summed E-state index contributed by atoms with van der Waals surface area (Å²) in [6.45, 7) is 10.1. The highest BCUT2D eigenvalue weighted by Crippen LogP contribution is 2.18. The van der Waals surface area contributed by atoms with Gasteiger partial charge in [0, 0.05) is 43.1 Å². The predicted octanol–water partition coefficient (Wildman–Crippen LogP) is 3.51. The van der Waals surface area contributed by atoms with Gasteiger partial charge in [0.1, 0.15) is 5.76 Å². The van der Waals surface area contributed by atoms with Gasteiger partial charge in [-0.3, -0.25) is 4.98 Å². The van der Waals surface area contributed by atoms with Crippen LogP contribution in [0.15, 0.2) is 35.1 Å². The normalized spacial score (nSPS) is 11.7. The molecule has 2 rings (SSSR count). The van der Waals surface area contributed by atoms with Gasteiger partial charge in [-0.25, -0.2) is 0 Å². The number of hydrogen-bond acceptors (Lipinski definition) is 4. The zero-order valence-electron chi connectivity index (χ0n) is 13.6. The molecule has 1 N–H and O–H groups in total. The average Bonchev–Trinajstić information content (AvgIpc) is 2.81. The fraction of sp³-hybridized carbons (Fsp3) is 0.471. The molecule has 0 bridgehead atoms. The van der Waals surface area contributed by atoms with Crippen molar-refractivity contribution in [2.24, 2.45) is 0 Å². The van der Waals surface area contributed by atoms with Crippen LogP contribution in [0.2, 0.25) is 0 Å². The number of rotatable bonds is 5. The van der Waals surface area contributed by atoms with Gasteiger partial charge in [-0.2, -0.15) is 0 Å². The molecule has 2 aromatic rings. The number of furan rings is 1. The number of aromatic nitrogens is 1. The van der Waals surface area contributed by atoms with Gasteiger partial charge in [-0.05, 0) is 45.9 Å². The lowest BCUT2D eigenvalue weighted by molar-refractivity contribution is 0.421. The highest BCUT2D eigenvalue weighted by Gasteiger charge is 2.10. The van der Waals surface area contributed by atoms with E-state index >= 15 is 0 Å². The summed E-state index contributed by atoms with van der Waals surface area (Å²) < 4.78 is 5.35. The van der Waals surface area contributed by atoms with E-state index in [4.69, 9.17) is 4.42 Å². The van der Waals surface area contributed by atoms with E-state index in [1.54, 1.807) is 6.26 Å². The zero-order chi connectivity index (χ0) is 15.5. The largest absolute Gasteiger partial charge is 0.469 e. The molecular formula is C17H25N3O. The van der Waals surface area contributed by atoms with Crippen LogP contribution in [0.4, 0.5) is 5.69 Å². The van der Waals surface area contributed by atoms with Crippen molar-refractivity contribution in [2.45, 2.75) is 46.3 Å². The summed E-state index contributed by atoms with van der Waals surface area (Å²) in [5.74, 6) is 0.977. The van der Waals surface area contributed by atoms with Gasteiger partial charge < -0.3 is 14.6 Å². The number of aryl methyl sites for hydroxylation is 1. The Labute approximate surface area is 127 Å². The van der Waals surface area contributed by atoms with E-state index in [0.717, 1.165) is 30.2 Å². The molecule has 0 aliphatic rings. The smallest absolute Gasteiger partial charge is 0.105 e. The summed E-state index contributed by atoms with van der Waals surface area (Å²) in [6, 6.07) is 6.19. The first-order chi connectivity index (χ1) is 9.85. The molecule has 4 nitrogen and oxygen atoms in total. The standard InChI is InChI=1S/C17H25N3O/c1-13-14(7-9-21-13)12-20(5)16-6-8-18-15(10-16)11-19-17(2,3)4/h6-10,19H,11-12H2,1-5H3. The summed E-state index contributed by atoms with van der Waals surface area (Å²) in [5, 5.41) is 3.46.